The van der Waals surface area contributed by atoms with Crippen molar-refractivity contribution in [3.63, 3.8) is 0 Å². The van der Waals surface area contributed by atoms with Crippen molar-refractivity contribution in [1.29, 1.82) is 0 Å². The molecule has 0 N–H and O–H groups in total. The van der Waals surface area contributed by atoms with E-state index < -0.39 is 0 Å². The van der Waals surface area contributed by atoms with Crippen LogP contribution in [0.2, 0.25) is 0 Å². The fourth-order valence-corrected chi connectivity index (χ4v) is 4.52. The third-order valence-corrected chi connectivity index (χ3v) is 5.40. The van der Waals surface area contributed by atoms with Crippen molar-refractivity contribution in [3.8, 4) is 0 Å². The number of amides is 2. The highest BCUT2D eigenvalue weighted by Crippen LogP contribution is 2.42. The van der Waals surface area contributed by atoms with Crippen LogP contribution in [0.15, 0.2) is 12.2 Å². The predicted octanol–water partition coefficient (Wildman–Crippen LogP) is 1.17. The highest BCUT2D eigenvalue weighted by Gasteiger charge is 2.51. The Morgan fingerprint density at radius 3 is 2.95 bits per heavy atom. The summed E-state index contributed by atoms with van der Waals surface area (Å²) in [4.78, 5) is 28.9. The molecule has 0 unspecified atom stereocenters. The van der Waals surface area contributed by atoms with Gasteiger partial charge in [0.2, 0.25) is 11.8 Å². The molecule has 0 aromatic rings. The smallest absolute Gasteiger partial charge is 0.228 e. The molecule has 19 heavy (non-hydrogen) atoms. The predicted molar refractivity (Wildman–Crippen MR) is 70.2 cm³/mol. The van der Waals surface area contributed by atoms with Crippen molar-refractivity contribution < 1.29 is 9.59 Å². The first kappa shape index (κ1) is 11.5. The van der Waals surface area contributed by atoms with Crippen LogP contribution < -0.4 is 0 Å². The van der Waals surface area contributed by atoms with Crippen molar-refractivity contribution in [3.05, 3.63) is 12.2 Å². The van der Waals surface area contributed by atoms with Crippen LogP contribution in [0.3, 0.4) is 0 Å². The number of fused-ring (bicyclic) bond motifs is 6. The van der Waals surface area contributed by atoms with Gasteiger partial charge < -0.3 is 9.80 Å². The Hall–Kier alpha value is -1.32. The van der Waals surface area contributed by atoms with E-state index in [9.17, 15) is 9.59 Å². The Morgan fingerprint density at radius 2 is 2.05 bits per heavy atom. The molecule has 4 atom stereocenters. The van der Waals surface area contributed by atoms with E-state index in [2.05, 4.69) is 11.0 Å². The Morgan fingerprint density at radius 1 is 1.16 bits per heavy atom. The van der Waals surface area contributed by atoms with Crippen LogP contribution in [0.1, 0.15) is 32.1 Å². The number of hydrogen-bond acceptors (Lipinski definition) is 2. The van der Waals surface area contributed by atoms with E-state index in [1.54, 1.807) is 0 Å². The summed E-state index contributed by atoms with van der Waals surface area (Å²) in [6.45, 7) is 1.79. The van der Waals surface area contributed by atoms with Crippen molar-refractivity contribution in [1.82, 2.24) is 9.80 Å². The number of nitrogens with zero attached hydrogens (tertiary/aromatic N) is 2. The number of carbonyl (C=O) groups excluding carboxylic acids is 2. The lowest BCUT2D eigenvalue weighted by Gasteiger charge is -2.55. The maximum Gasteiger partial charge on any atom is 0.228 e. The van der Waals surface area contributed by atoms with Crippen LogP contribution in [0, 0.1) is 11.8 Å². The topological polar surface area (TPSA) is 40.6 Å². The van der Waals surface area contributed by atoms with Gasteiger partial charge in [-0.3, -0.25) is 9.59 Å². The number of piperidine rings is 3. The van der Waals surface area contributed by atoms with Crippen molar-refractivity contribution >= 4 is 11.8 Å². The number of rotatable bonds is 0. The molecule has 4 aliphatic heterocycles. The molecule has 4 rings (SSSR count). The maximum atomic E-state index is 12.7. The maximum absolute atomic E-state index is 12.7. The van der Waals surface area contributed by atoms with Gasteiger partial charge in [0.1, 0.15) is 0 Å². The molecule has 3 fully saturated rings. The summed E-state index contributed by atoms with van der Waals surface area (Å²) in [5.41, 5.74) is 0. The molecule has 4 nitrogen and oxygen atoms in total. The standard InChI is InChI=1S/C15H20N2O2/c18-14-6-3-5-13-11-8-10(9-17(13)14)12-4-1-2-7-16(12)15(11)19/h3,5,10-13H,1-2,4,6-9H2/t10-,11+,12+,13+/m0/s1. The molecule has 0 saturated carbocycles. The summed E-state index contributed by atoms with van der Waals surface area (Å²) < 4.78 is 0. The molecule has 0 spiro atoms. The summed E-state index contributed by atoms with van der Waals surface area (Å²) in [5, 5.41) is 0. The van der Waals surface area contributed by atoms with Gasteiger partial charge in [0.25, 0.3) is 0 Å². The lowest BCUT2D eigenvalue weighted by Crippen LogP contribution is -2.65. The Labute approximate surface area is 113 Å². The average Bonchev–Trinajstić information content (AvgIpc) is 2.45. The first-order chi connectivity index (χ1) is 9.25. The Balaban J connectivity index is 1.70. The van der Waals surface area contributed by atoms with Crippen molar-refractivity contribution in [2.75, 3.05) is 13.1 Å². The second kappa shape index (κ2) is 4.09. The first-order valence-corrected chi connectivity index (χ1v) is 7.52. The van der Waals surface area contributed by atoms with E-state index in [0.29, 0.717) is 24.3 Å². The molecule has 4 heteroatoms. The van der Waals surface area contributed by atoms with E-state index in [-0.39, 0.29) is 17.9 Å². The molecule has 0 aliphatic carbocycles. The third kappa shape index (κ3) is 1.58. The minimum atomic E-state index is 0.0219. The summed E-state index contributed by atoms with van der Waals surface area (Å²) in [6.07, 6.45) is 9.03. The van der Waals surface area contributed by atoms with Crippen molar-refractivity contribution in [2.24, 2.45) is 11.8 Å². The van der Waals surface area contributed by atoms with Gasteiger partial charge in [0.15, 0.2) is 0 Å². The highest BCUT2D eigenvalue weighted by atomic mass is 16.2. The van der Waals surface area contributed by atoms with E-state index in [0.717, 1.165) is 32.4 Å². The van der Waals surface area contributed by atoms with E-state index in [1.807, 2.05) is 11.0 Å². The largest absolute Gasteiger partial charge is 0.339 e. The molecular formula is C15H20N2O2. The van der Waals surface area contributed by atoms with Gasteiger partial charge in [0.05, 0.1) is 12.0 Å². The zero-order valence-corrected chi connectivity index (χ0v) is 11.1. The SMILES string of the molecule is O=C1CC=C[C@@H]2[C@H]3C[C@@H](CN12)[C@H]1CCCCN1C3=O. The fourth-order valence-electron chi connectivity index (χ4n) is 4.52. The number of carbonyl (C=O) groups is 2. The lowest BCUT2D eigenvalue weighted by atomic mass is 9.71. The summed E-state index contributed by atoms with van der Waals surface area (Å²) in [6, 6.07) is 0.435. The molecule has 4 aliphatic rings. The van der Waals surface area contributed by atoms with Gasteiger partial charge >= 0.3 is 0 Å². The van der Waals surface area contributed by atoms with Gasteiger partial charge in [-0.2, -0.15) is 0 Å². The molecule has 2 bridgehead atoms. The number of hydrogen-bond donors (Lipinski definition) is 0. The van der Waals surface area contributed by atoms with Gasteiger partial charge in [-0.05, 0) is 31.6 Å². The summed E-state index contributed by atoms with van der Waals surface area (Å²) in [5.74, 6) is 1.04. The van der Waals surface area contributed by atoms with Crippen molar-refractivity contribution in [2.45, 2.75) is 44.2 Å². The molecule has 0 aromatic carbocycles. The molecule has 2 amide bonds. The monoisotopic (exact) mass is 260 g/mol. The molecule has 0 aromatic heterocycles. The highest BCUT2D eigenvalue weighted by molar-refractivity contribution is 5.85. The van der Waals surface area contributed by atoms with E-state index in [4.69, 9.17) is 0 Å². The van der Waals surface area contributed by atoms with Crippen LogP contribution in [0.25, 0.3) is 0 Å². The van der Waals surface area contributed by atoms with Crippen LogP contribution in [0.4, 0.5) is 0 Å². The molecule has 3 saturated heterocycles. The van der Waals surface area contributed by atoms with Gasteiger partial charge in [-0.25, -0.2) is 0 Å². The van der Waals surface area contributed by atoms with Crippen LogP contribution in [-0.4, -0.2) is 46.8 Å². The molecule has 102 valence electrons. The lowest BCUT2D eigenvalue weighted by molar-refractivity contribution is -0.160. The third-order valence-electron chi connectivity index (χ3n) is 5.40. The molecule has 0 radical (unpaired) electrons. The van der Waals surface area contributed by atoms with Gasteiger partial charge in [-0.15, -0.1) is 0 Å². The quantitative estimate of drug-likeness (QED) is 0.614. The van der Waals surface area contributed by atoms with Gasteiger partial charge in [-0.1, -0.05) is 12.2 Å². The Kier molecular flexibility index (Phi) is 2.47. The summed E-state index contributed by atoms with van der Waals surface area (Å²) in [7, 11) is 0. The molecule has 4 heterocycles. The average molecular weight is 260 g/mol. The zero-order valence-electron chi connectivity index (χ0n) is 11.1. The minimum absolute atomic E-state index is 0.0219. The van der Waals surface area contributed by atoms with Crippen LogP contribution >= 0.6 is 0 Å². The minimum Gasteiger partial charge on any atom is -0.339 e. The fraction of sp³-hybridized carbons (Fsp3) is 0.733. The summed E-state index contributed by atoms with van der Waals surface area (Å²) >= 11 is 0. The zero-order chi connectivity index (χ0) is 13.0. The Bertz CT molecular complexity index is 459. The first-order valence-electron chi connectivity index (χ1n) is 7.52. The van der Waals surface area contributed by atoms with E-state index in [1.165, 1.54) is 6.42 Å². The van der Waals surface area contributed by atoms with E-state index >= 15 is 0 Å². The van der Waals surface area contributed by atoms with Crippen LogP contribution in [-0.2, 0) is 9.59 Å². The molecular weight excluding hydrogens is 240 g/mol. The normalized spacial score (nSPS) is 41.1. The second-order valence-electron chi connectivity index (χ2n) is 6.37. The van der Waals surface area contributed by atoms with Crippen LogP contribution in [0.5, 0.6) is 0 Å². The van der Waals surface area contributed by atoms with Gasteiger partial charge in [0, 0.05) is 25.6 Å². The second-order valence-corrected chi connectivity index (χ2v) is 6.37.